The zero-order valence-corrected chi connectivity index (χ0v) is 14.2. The average molecular weight is 288 g/mol. The van der Waals surface area contributed by atoms with Gasteiger partial charge in [-0.2, -0.15) is 0 Å². The Hall–Kier alpha value is -1.02. The smallest absolute Gasteiger partial charge is 0.0401 e. The number of benzene rings is 1. The first-order chi connectivity index (χ1) is 10.2. The molecule has 1 saturated heterocycles. The van der Waals surface area contributed by atoms with Gasteiger partial charge in [0.05, 0.1) is 0 Å². The van der Waals surface area contributed by atoms with Crippen LogP contribution in [0.25, 0.3) is 0 Å². The van der Waals surface area contributed by atoms with Gasteiger partial charge in [-0.25, -0.2) is 0 Å². The van der Waals surface area contributed by atoms with Gasteiger partial charge in [-0.15, -0.1) is 0 Å². The van der Waals surface area contributed by atoms with Crippen molar-refractivity contribution in [3.8, 4) is 0 Å². The highest BCUT2D eigenvalue weighted by Crippen LogP contribution is 2.31. The first kappa shape index (κ1) is 16.4. The van der Waals surface area contributed by atoms with E-state index in [0.29, 0.717) is 18.0 Å². The average Bonchev–Trinajstić information content (AvgIpc) is 2.50. The second kappa shape index (κ2) is 7.84. The van der Waals surface area contributed by atoms with Crippen molar-refractivity contribution in [2.45, 2.75) is 65.5 Å². The Morgan fingerprint density at radius 3 is 2.62 bits per heavy atom. The van der Waals surface area contributed by atoms with Crippen LogP contribution in [-0.2, 0) is 6.42 Å². The highest BCUT2D eigenvalue weighted by molar-refractivity contribution is 5.55. The van der Waals surface area contributed by atoms with Crippen LogP contribution in [0.15, 0.2) is 24.3 Å². The van der Waals surface area contributed by atoms with E-state index in [-0.39, 0.29) is 0 Å². The summed E-state index contributed by atoms with van der Waals surface area (Å²) in [6, 6.07) is 10.3. The van der Waals surface area contributed by atoms with Crippen molar-refractivity contribution in [3.63, 3.8) is 0 Å². The van der Waals surface area contributed by atoms with Crippen molar-refractivity contribution >= 4 is 5.69 Å². The molecule has 0 bridgehead atoms. The lowest BCUT2D eigenvalue weighted by molar-refractivity contribution is 0.271. The second-order valence-corrected chi connectivity index (χ2v) is 6.52. The molecule has 1 fully saturated rings. The molecule has 0 saturated carbocycles. The molecular weight excluding hydrogens is 256 g/mol. The van der Waals surface area contributed by atoms with Crippen molar-refractivity contribution in [1.29, 1.82) is 0 Å². The van der Waals surface area contributed by atoms with Crippen molar-refractivity contribution in [1.82, 2.24) is 5.32 Å². The van der Waals surface area contributed by atoms with Crippen molar-refractivity contribution < 1.29 is 0 Å². The molecule has 118 valence electrons. The van der Waals surface area contributed by atoms with Gasteiger partial charge < -0.3 is 10.2 Å². The van der Waals surface area contributed by atoms with Gasteiger partial charge in [-0.05, 0) is 50.3 Å². The first-order valence-electron chi connectivity index (χ1n) is 8.76. The predicted octanol–water partition coefficient (Wildman–Crippen LogP) is 4.24. The molecule has 3 atom stereocenters. The number of rotatable bonds is 6. The number of para-hydroxylation sites is 1. The van der Waals surface area contributed by atoms with Gasteiger partial charge in [0, 0.05) is 24.3 Å². The van der Waals surface area contributed by atoms with E-state index in [0.717, 1.165) is 6.54 Å². The Kier molecular flexibility index (Phi) is 6.10. The van der Waals surface area contributed by atoms with E-state index in [1.54, 1.807) is 0 Å². The highest BCUT2D eigenvalue weighted by atomic mass is 15.2. The molecule has 0 aromatic heterocycles. The van der Waals surface area contributed by atoms with Gasteiger partial charge in [0.25, 0.3) is 0 Å². The summed E-state index contributed by atoms with van der Waals surface area (Å²) in [5.74, 6) is 0.694. The normalized spacial score (nSPS) is 26.1. The zero-order valence-electron chi connectivity index (χ0n) is 14.2. The summed E-state index contributed by atoms with van der Waals surface area (Å²) in [5, 5.41) is 3.74. The molecular formula is C19H32N2. The van der Waals surface area contributed by atoms with E-state index in [2.05, 4.69) is 62.2 Å². The molecule has 1 heterocycles. The van der Waals surface area contributed by atoms with Crippen LogP contribution in [0.5, 0.6) is 0 Å². The molecule has 1 aliphatic heterocycles. The fourth-order valence-corrected chi connectivity index (χ4v) is 3.59. The van der Waals surface area contributed by atoms with E-state index in [4.69, 9.17) is 0 Å². The third-order valence-corrected chi connectivity index (χ3v) is 5.05. The highest BCUT2D eigenvalue weighted by Gasteiger charge is 2.32. The number of nitrogens with zero attached hydrogens (tertiary/aromatic N) is 1. The minimum Gasteiger partial charge on any atom is -0.368 e. The summed E-state index contributed by atoms with van der Waals surface area (Å²) in [4.78, 5) is 2.64. The zero-order chi connectivity index (χ0) is 15.2. The van der Waals surface area contributed by atoms with Crippen LogP contribution in [0, 0.1) is 5.92 Å². The van der Waals surface area contributed by atoms with Crippen LogP contribution in [0.3, 0.4) is 0 Å². The summed E-state index contributed by atoms with van der Waals surface area (Å²) in [6.45, 7) is 11.6. The molecule has 3 unspecified atom stereocenters. The van der Waals surface area contributed by atoms with Crippen molar-refractivity contribution in [2.24, 2.45) is 5.92 Å². The van der Waals surface area contributed by atoms with Crippen LogP contribution in [0.4, 0.5) is 5.69 Å². The van der Waals surface area contributed by atoms with E-state index in [1.807, 2.05) is 0 Å². The van der Waals surface area contributed by atoms with Crippen LogP contribution in [0.1, 0.15) is 52.5 Å². The largest absolute Gasteiger partial charge is 0.368 e. The van der Waals surface area contributed by atoms with Crippen molar-refractivity contribution in [3.05, 3.63) is 29.8 Å². The van der Waals surface area contributed by atoms with Gasteiger partial charge in [0.2, 0.25) is 0 Å². The first-order valence-corrected chi connectivity index (χ1v) is 8.76. The van der Waals surface area contributed by atoms with Crippen LogP contribution in [-0.4, -0.2) is 25.2 Å². The molecule has 0 spiro atoms. The molecule has 0 radical (unpaired) electrons. The lowest BCUT2D eigenvalue weighted by atomic mass is 9.86. The molecule has 1 aromatic rings. The van der Waals surface area contributed by atoms with Crippen LogP contribution in [0.2, 0.25) is 0 Å². The molecule has 0 aliphatic carbocycles. The number of anilines is 1. The maximum atomic E-state index is 3.74. The third-order valence-electron chi connectivity index (χ3n) is 5.05. The van der Waals surface area contributed by atoms with Gasteiger partial charge >= 0.3 is 0 Å². The fourth-order valence-electron chi connectivity index (χ4n) is 3.59. The Morgan fingerprint density at radius 2 is 1.90 bits per heavy atom. The Labute approximate surface area is 130 Å². The standard InChI is InChI=1S/C19H32N2/c1-5-9-17-10-7-8-11-19(17)21-14-12-18(20-13-6-2)15(3)16(21)4/h7-8,10-11,15-16,18,20H,5-6,9,12-14H2,1-4H3. The Morgan fingerprint density at radius 1 is 1.14 bits per heavy atom. The van der Waals surface area contributed by atoms with E-state index in [1.165, 1.54) is 43.5 Å². The molecule has 1 aliphatic rings. The summed E-state index contributed by atoms with van der Waals surface area (Å²) in [7, 11) is 0. The molecule has 2 heteroatoms. The van der Waals surface area contributed by atoms with Crippen LogP contribution < -0.4 is 10.2 Å². The van der Waals surface area contributed by atoms with Gasteiger partial charge in [-0.3, -0.25) is 0 Å². The minimum absolute atomic E-state index is 0.603. The Bertz CT molecular complexity index is 429. The predicted molar refractivity (Wildman–Crippen MR) is 93.1 cm³/mol. The Balaban J connectivity index is 2.12. The monoisotopic (exact) mass is 288 g/mol. The fraction of sp³-hybridized carbons (Fsp3) is 0.684. The molecule has 0 amide bonds. The molecule has 2 rings (SSSR count). The van der Waals surface area contributed by atoms with Crippen LogP contribution >= 0.6 is 0 Å². The van der Waals surface area contributed by atoms with Gasteiger partial charge in [0.15, 0.2) is 0 Å². The third kappa shape index (κ3) is 3.79. The molecule has 2 nitrogen and oxygen atoms in total. The number of hydrogen-bond acceptors (Lipinski definition) is 2. The van der Waals surface area contributed by atoms with E-state index < -0.39 is 0 Å². The SMILES string of the molecule is CCCNC1CCN(c2ccccc2CCC)C(C)C1C. The van der Waals surface area contributed by atoms with E-state index in [9.17, 15) is 0 Å². The van der Waals surface area contributed by atoms with Gasteiger partial charge in [0.1, 0.15) is 0 Å². The molecule has 21 heavy (non-hydrogen) atoms. The van der Waals surface area contributed by atoms with Crippen molar-refractivity contribution in [2.75, 3.05) is 18.0 Å². The lowest BCUT2D eigenvalue weighted by Crippen LogP contribution is -2.53. The van der Waals surface area contributed by atoms with Gasteiger partial charge in [-0.1, -0.05) is 45.4 Å². The minimum atomic E-state index is 0.603. The summed E-state index contributed by atoms with van der Waals surface area (Å²) in [5.41, 5.74) is 2.98. The number of hydrogen-bond donors (Lipinski definition) is 1. The number of aryl methyl sites for hydroxylation is 1. The second-order valence-electron chi connectivity index (χ2n) is 6.52. The number of piperidine rings is 1. The lowest BCUT2D eigenvalue weighted by Gasteiger charge is -2.45. The number of nitrogens with one attached hydrogen (secondary N) is 1. The molecule has 1 N–H and O–H groups in total. The quantitative estimate of drug-likeness (QED) is 0.842. The maximum absolute atomic E-state index is 3.74. The topological polar surface area (TPSA) is 15.3 Å². The summed E-state index contributed by atoms with van der Waals surface area (Å²) >= 11 is 0. The van der Waals surface area contributed by atoms with E-state index >= 15 is 0 Å². The summed E-state index contributed by atoms with van der Waals surface area (Å²) < 4.78 is 0. The maximum Gasteiger partial charge on any atom is 0.0401 e. The summed E-state index contributed by atoms with van der Waals surface area (Å²) in [6.07, 6.45) is 4.88. The molecule has 1 aromatic carbocycles.